The molecule has 1 heterocycles. The molecule has 1 saturated heterocycles. The van der Waals surface area contributed by atoms with Crippen molar-refractivity contribution in [1.29, 1.82) is 0 Å². The number of carbonyl (C=O) groups excluding carboxylic acids is 1. The highest BCUT2D eigenvalue weighted by atomic mass is 32.2. The topological polar surface area (TPSA) is 66.5 Å². The van der Waals surface area contributed by atoms with E-state index in [9.17, 15) is 17.6 Å². The SMILES string of the molecule is Cc1ccc(C(=O)NC2CCN(S(=O)(=O)c3cccc(F)c3)CC2)cc1. The minimum absolute atomic E-state index is 0.0420. The fraction of sp³-hybridized carbons (Fsp3) is 0.316. The largest absolute Gasteiger partial charge is 0.349 e. The fourth-order valence-electron chi connectivity index (χ4n) is 2.99. The number of hydrogen-bond acceptors (Lipinski definition) is 3. The first-order valence-electron chi connectivity index (χ1n) is 8.49. The van der Waals surface area contributed by atoms with Crippen LogP contribution in [0.25, 0.3) is 0 Å². The van der Waals surface area contributed by atoms with Gasteiger partial charge in [-0.1, -0.05) is 23.8 Å². The van der Waals surface area contributed by atoms with Crippen molar-refractivity contribution < 1.29 is 17.6 Å². The van der Waals surface area contributed by atoms with E-state index in [0.717, 1.165) is 11.6 Å². The molecular weight excluding hydrogens is 355 g/mol. The van der Waals surface area contributed by atoms with Crippen molar-refractivity contribution in [3.63, 3.8) is 0 Å². The van der Waals surface area contributed by atoms with Gasteiger partial charge in [-0.05, 0) is 50.1 Å². The maximum atomic E-state index is 13.3. The van der Waals surface area contributed by atoms with Crippen molar-refractivity contribution >= 4 is 15.9 Å². The maximum absolute atomic E-state index is 13.3. The van der Waals surface area contributed by atoms with E-state index in [2.05, 4.69) is 5.32 Å². The minimum Gasteiger partial charge on any atom is -0.349 e. The molecule has 0 atom stereocenters. The normalized spacial score (nSPS) is 16.4. The summed E-state index contributed by atoms with van der Waals surface area (Å²) in [6.07, 6.45) is 1.04. The van der Waals surface area contributed by atoms with Gasteiger partial charge in [-0.2, -0.15) is 4.31 Å². The summed E-state index contributed by atoms with van der Waals surface area (Å²) in [4.78, 5) is 12.2. The summed E-state index contributed by atoms with van der Waals surface area (Å²) in [6, 6.07) is 12.2. The first-order valence-corrected chi connectivity index (χ1v) is 9.93. The van der Waals surface area contributed by atoms with Crippen LogP contribution in [0.4, 0.5) is 4.39 Å². The molecule has 2 aromatic carbocycles. The van der Waals surface area contributed by atoms with Crippen LogP contribution in [0.3, 0.4) is 0 Å². The van der Waals surface area contributed by atoms with Crippen LogP contribution < -0.4 is 5.32 Å². The van der Waals surface area contributed by atoms with E-state index in [-0.39, 0.29) is 29.9 Å². The van der Waals surface area contributed by atoms with Crippen molar-refractivity contribution in [2.75, 3.05) is 13.1 Å². The van der Waals surface area contributed by atoms with Gasteiger partial charge in [0.2, 0.25) is 10.0 Å². The summed E-state index contributed by atoms with van der Waals surface area (Å²) in [6.45, 7) is 2.53. The number of nitrogens with zero attached hydrogens (tertiary/aromatic N) is 1. The number of halogens is 1. The Kier molecular flexibility index (Phi) is 5.38. The summed E-state index contributed by atoms with van der Waals surface area (Å²) in [5.41, 5.74) is 1.67. The Bertz CT molecular complexity index is 889. The predicted molar refractivity (Wildman–Crippen MR) is 96.8 cm³/mol. The van der Waals surface area contributed by atoms with E-state index < -0.39 is 15.8 Å². The molecule has 2 aromatic rings. The number of rotatable bonds is 4. The molecule has 1 aliphatic rings. The van der Waals surface area contributed by atoms with Crippen LogP contribution in [0.1, 0.15) is 28.8 Å². The predicted octanol–water partition coefficient (Wildman–Crippen LogP) is 2.72. The Morgan fingerprint density at radius 3 is 2.38 bits per heavy atom. The minimum atomic E-state index is -3.71. The lowest BCUT2D eigenvalue weighted by Gasteiger charge is -2.31. The molecule has 26 heavy (non-hydrogen) atoms. The number of amides is 1. The van der Waals surface area contributed by atoms with Gasteiger partial charge >= 0.3 is 0 Å². The summed E-state index contributed by atoms with van der Waals surface area (Å²) in [5, 5.41) is 2.96. The van der Waals surface area contributed by atoms with Crippen molar-refractivity contribution in [2.45, 2.75) is 30.7 Å². The summed E-state index contributed by atoms with van der Waals surface area (Å²) in [7, 11) is -3.71. The molecule has 0 aromatic heterocycles. The van der Waals surface area contributed by atoms with Gasteiger partial charge in [0.25, 0.3) is 5.91 Å². The highest BCUT2D eigenvalue weighted by Gasteiger charge is 2.30. The Balaban J connectivity index is 1.60. The molecule has 7 heteroatoms. The van der Waals surface area contributed by atoms with Crippen LogP contribution in [0.15, 0.2) is 53.4 Å². The molecule has 5 nitrogen and oxygen atoms in total. The summed E-state index contributed by atoms with van der Waals surface area (Å²) >= 11 is 0. The zero-order chi connectivity index (χ0) is 18.7. The van der Waals surface area contributed by atoms with Crippen molar-refractivity contribution in [2.24, 2.45) is 0 Å². The highest BCUT2D eigenvalue weighted by Crippen LogP contribution is 2.21. The Labute approximate surface area is 152 Å². The van der Waals surface area contributed by atoms with Crippen LogP contribution in [-0.2, 0) is 10.0 Å². The first kappa shape index (κ1) is 18.5. The molecule has 1 fully saturated rings. The first-order chi connectivity index (χ1) is 12.4. The second-order valence-electron chi connectivity index (χ2n) is 6.48. The molecule has 1 aliphatic heterocycles. The third-order valence-electron chi connectivity index (χ3n) is 4.54. The number of carbonyl (C=O) groups is 1. The number of hydrogen-bond donors (Lipinski definition) is 1. The van der Waals surface area contributed by atoms with Crippen LogP contribution in [-0.4, -0.2) is 37.8 Å². The molecule has 0 radical (unpaired) electrons. The van der Waals surface area contributed by atoms with Gasteiger partial charge in [-0.25, -0.2) is 12.8 Å². The van der Waals surface area contributed by atoms with Gasteiger partial charge in [-0.3, -0.25) is 4.79 Å². The maximum Gasteiger partial charge on any atom is 0.251 e. The average Bonchev–Trinajstić information content (AvgIpc) is 2.62. The number of piperidine rings is 1. The quantitative estimate of drug-likeness (QED) is 0.892. The van der Waals surface area contributed by atoms with Crippen LogP contribution >= 0.6 is 0 Å². The molecule has 0 aliphatic carbocycles. The number of nitrogens with one attached hydrogen (secondary N) is 1. The smallest absolute Gasteiger partial charge is 0.251 e. The summed E-state index contributed by atoms with van der Waals surface area (Å²) in [5.74, 6) is -0.734. The zero-order valence-electron chi connectivity index (χ0n) is 14.5. The van der Waals surface area contributed by atoms with Crippen molar-refractivity contribution in [1.82, 2.24) is 9.62 Å². The molecule has 1 amide bonds. The second-order valence-corrected chi connectivity index (χ2v) is 8.41. The van der Waals surface area contributed by atoms with Crippen LogP contribution in [0.2, 0.25) is 0 Å². The molecule has 0 saturated carbocycles. The molecule has 0 spiro atoms. The molecule has 3 rings (SSSR count). The highest BCUT2D eigenvalue weighted by molar-refractivity contribution is 7.89. The number of sulfonamides is 1. The third kappa shape index (κ3) is 4.11. The van der Waals surface area contributed by atoms with E-state index in [1.165, 1.54) is 22.5 Å². The Morgan fingerprint density at radius 1 is 1.12 bits per heavy atom. The van der Waals surface area contributed by atoms with E-state index in [1.807, 2.05) is 19.1 Å². The van der Waals surface area contributed by atoms with Gasteiger partial charge < -0.3 is 5.32 Å². The van der Waals surface area contributed by atoms with Gasteiger partial charge in [0.05, 0.1) is 4.90 Å². The zero-order valence-corrected chi connectivity index (χ0v) is 15.3. The second kappa shape index (κ2) is 7.55. The number of benzene rings is 2. The third-order valence-corrected chi connectivity index (χ3v) is 6.43. The van der Waals surface area contributed by atoms with Gasteiger partial charge in [0, 0.05) is 24.7 Å². The lowest BCUT2D eigenvalue weighted by Crippen LogP contribution is -2.46. The monoisotopic (exact) mass is 376 g/mol. The standard InChI is InChI=1S/C19H21FN2O3S/c1-14-5-7-15(8-6-14)19(23)21-17-9-11-22(12-10-17)26(24,25)18-4-2-3-16(20)13-18/h2-8,13,17H,9-12H2,1H3,(H,21,23). The average molecular weight is 376 g/mol. The molecule has 0 unspecified atom stereocenters. The summed E-state index contributed by atoms with van der Waals surface area (Å²) < 4.78 is 39.9. The molecule has 1 N–H and O–H groups in total. The Morgan fingerprint density at radius 2 is 1.77 bits per heavy atom. The van der Waals surface area contributed by atoms with Gasteiger partial charge in [-0.15, -0.1) is 0 Å². The number of aryl methyl sites for hydroxylation is 1. The van der Waals surface area contributed by atoms with Gasteiger partial charge in [0.15, 0.2) is 0 Å². The van der Waals surface area contributed by atoms with Crippen LogP contribution in [0, 0.1) is 12.7 Å². The lowest BCUT2D eigenvalue weighted by molar-refractivity contribution is 0.0924. The molecule has 138 valence electrons. The van der Waals surface area contributed by atoms with Crippen molar-refractivity contribution in [3.05, 3.63) is 65.5 Å². The Hall–Kier alpha value is -2.25. The van der Waals surface area contributed by atoms with Gasteiger partial charge in [0.1, 0.15) is 5.82 Å². The van der Waals surface area contributed by atoms with Crippen molar-refractivity contribution in [3.8, 4) is 0 Å². The van der Waals surface area contributed by atoms with E-state index in [1.54, 1.807) is 12.1 Å². The molecule has 0 bridgehead atoms. The fourth-order valence-corrected chi connectivity index (χ4v) is 4.49. The van der Waals surface area contributed by atoms with Crippen LogP contribution in [0.5, 0.6) is 0 Å². The molecular formula is C19H21FN2O3S. The van der Waals surface area contributed by atoms with E-state index in [4.69, 9.17) is 0 Å². The van der Waals surface area contributed by atoms with E-state index in [0.29, 0.717) is 18.4 Å². The lowest BCUT2D eigenvalue weighted by atomic mass is 10.1. The van der Waals surface area contributed by atoms with E-state index >= 15 is 0 Å².